The number of nitrogens with two attached hydrogens (primary N) is 1. The number of ether oxygens (including phenoxy) is 1. The molecule has 0 spiro atoms. The topological polar surface area (TPSA) is 196 Å². The van der Waals surface area contributed by atoms with Gasteiger partial charge in [0.15, 0.2) is 0 Å². The summed E-state index contributed by atoms with van der Waals surface area (Å²) >= 11 is 23.3. The lowest BCUT2D eigenvalue weighted by atomic mass is 10.0. The minimum atomic E-state index is -4.14. The Bertz CT molecular complexity index is 2870. The highest BCUT2D eigenvalue weighted by molar-refractivity contribution is 8.13. The Kier molecular flexibility index (Phi) is 16.6. The maximum Gasteiger partial charge on any atom is 0.261 e. The number of benzene rings is 4. The fraction of sp³-hybridized carbons (Fsp3) is 0.100. The summed E-state index contributed by atoms with van der Waals surface area (Å²) in [5.41, 5.74) is 5.76. The molecule has 0 aliphatic carbocycles. The van der Waals surface area contributed by atoms with Gasteiger partial charge in [-0.15, -0.1) is 0 Å². The van der Waals surface area contributed by atoms with Crippen LogP contribution in [-0.4, -0.2) is 50.6 Å². The maximum atomic E-state index is 14.3. The van der Waals surface area contributed by atoms with E-state index in [-0.39, 0.29) is 54.5 Å². The van der Waals surface area contributed by atoms with Crippen molar-refractivity contribution in [3.63, 3.8) is 0 Å². The smallest absolute Gasteiger partial charge is 0.261 e. The number of aromatic nitrogens is 2. The SMILES string of the molecule is COc1cccc(F)c1C(=O)c1ncc(Cl)cc1N.Cc1cc(S(=O)(=O)Cl)ccc1Cl.Cc1cc(S(=O)(=O)Nc2cc(Cl)cnc2C(=O)c2c(F)cccc2CO)ccc1Cl. The Morgan fingerprint density at radius 2 is 1.25 bits per heavy atom. The summed E-state index contributed by atoms with van der Waals surface area (Å²) < 4.78 is 82.7. The van der Waals surface area contributed by atoms with Gasteiger partial charge < -0.3 is 15.6 Å². The number of pyridine rings is 2. The summed E-state index contributed by atoms with van der Waals surface area (Å²) in [6, 6.07) is 18.9. The molecular weight excluding hydrogens is 944 g/mol. The zero-order valence-electron chi connectivity index (χ0n) is 31.7. The number of rotatable bonds is 10. The molecule has 2 aromatic heterocycles. The summed E-state index contributed by atoms with van der Waals surface area (Å²) in [5, 5.41) is 10.7. The third-order valence-corrected chi connectivity index (χ3v) is 12.2. The number of hydrogen-bond donors (Lipinski definition) is 3. The molecule has 61 heavy (non-hydrogen) atoms. The first kappa shape index (κ1) is 48.8. The molecule has 2 heterocycles. The average molecular weight is 975 g/mol. The molecule has 12 nitrogen and oxygen atoms in total. The number of anilines is 2. The number of carbonyl (C=O) groups is 2. The van der Waals surface area contributed by atoms with Crippen molar-refractivity contribution in [3.05, 3.63) is 168 Å². The van der Waals surface area contributed by atoms with Crippen LogP contribution in [0.1, 0.15) is 48.8 Å². The van der Waals surface area contributed by atoms with E-state index in [1.807, 2.05) is 0 Å². The first-order chi connectivity index (χ1) is 28.6. The molecule has 0 unspecified atom stereocenters. The fourth-order valence-corrected chi connectivity index (χ4v) is 7.72. The van der Waals surface area contributed by atoms with Crippen molar-refractivity contribution in [2.24, 2.45) is 0 Å². The van der Waals surface area contributed by atoms with E-state index in [1.165, 1.54) is 92.2 Å². The number of methoxy groups -OCH3 is 1. The molecule has 6 rings (SSSR count). The second-order valence-corrected chi connectivity index (χ2v) is 18.3. The van der Waals surface area contributed by atoms with Crippen molar-refractivity contribution in [1.29, 1.82) is 0 Å². The van der Waals surface area contributed by atoms with E-state index in [2.05, 4.69) is 14.7 Å². The van der Waals surface area contributed by atoms with Crippen LogP contribution in [-0.2, 0) is 25.7 Å². The Labute approximate surface area is 373 Å². The molecule has 0 saturated heterocycles. The first-order valence-electron chi connectivity index (χ1n) is 17.0. The Morgan fingerprint density at radius 3 is 1.79 bits per heavy atom. The summed E-state index contributed by atoms with van der Waals surface area (Å²) in [6.45, 7) is 2.78. The zero-order valence-corrected chi connectivity index (χ0v) is 37.1. The second-order valence-electron chi connectivity index (χ2n) is 12.4. The average Bonchev–Trinajstić information content (AvgIpc) is 3.19. The van der Waals surface area contributed by atoms with Crippen molar-refractivity contribution < 1.29 is 45.0 Å². The van der Waals surface area contributed by atoms with Crippen molar-refractivity contribution in [3.8, 4) is 5.75 Å². The van der Waals surface area contributed by atoms with Gasteiger partial charge in [0.1, 0.15) is 34.3 Å². The number of halogens is 7. The van der Waals surface area contributed by atoms with Crippen LogP contribution >= 0.6 is 57.1 Å². The number of aliphatic hydroxyl groups is 1. The summed E-state index contributed by atoms with van der Waals surface area (Å²) in [4.78, 5) is 33.0. The van der Waals surface area contributed by atoms with E-state index < -0.39 is 54.4 Å². The van der Waals surface area contributed by atoms with Crippen LogP contribution in [0.2, 0.25) is 20.1 Å². The van der Waals surface area contributed by atoms with Gasteiger partial charge in [-0.2, -0.15) is 0 Å². The van der Waals surface area contributed by atoms with E-state index >= 15 is 0 Å². The van der Waals surface area contributed by atoms with Gasteiger partial charge in [-0.3, -0.25) is 14.3 Å². The molecule has 0 fully saturated rings. The van der Waals surface area contributed by atoms with Crippen LogP contribution in [0.15, 0.2) is 107 Å². The van der Waals surface area contributed by atoms with Gasteiger partial charge in [0.05, 0.1) is 50.5 Å². The molecule has 4 N–H and O–H groups in total. The van der Waals surface area contributed by atoms with E-state index in [0.717, 1.165) is 12.3 Å². The van der Waals surface area contributed by atoms with Crippen molar-refractivity contribution >= 4 is 99.1 Å². The molecule has 0 aliphatic heterocycles. The van der Waals surface area contributed by atoms with Crippen molar-refractivity contribution in [1.82, 2.24) is 9.97 Å². The van der Waals surface area contributed by atoms with Gasteiger partial charge in [-0.1, -0.05) is 64.6 Å². The van der Waals surface area contributed by atoms with Gasteiger partial charge in [0.2, 0.25) is 11.6 Å². The molecule has 0 bridgehead atoms. The van der Waals surface area contributed by atoms with Crippen LogP contribution in [0.5, 0.6) is 5.75 Å². The van der Waals surface area contributed by atoms with Crippen LogP contribution in [0.3, 0.4) is 0 Å². The summed E-state index contributed by atoms with van der Waals surface area (Å²) in [7, 11) is -1.30. The molecule has 0 radical (unpaired) electrons. The molecule has 0 amide bonds. The van der Waals surface area contributed by atoms with E-state index in [9.17, 15) is 40.3 Å². The molecule has 4 aromatic carbocycles. The Morgan fingerprint density at radius 1 is 0.738 bits per heavy atom. The monoisotopic (exact) mass is 972 g/mol. The normalized spacial score (nSPS) is 11.1. The second kappa shape index (κ2) is 20.8. The number of sulfonamides is 1. The van der Waals surface area contributed by atoms with Crippen molar-refractivity contribution in [2.75, 3.05) is 17.6 Å². The molecule has 6 aromatic rings. The fourth-order valence-electron chi connectivity index (χ4n) is 5.19. The number of nitrogen functional groups attached to an aromatic ring is 1. The lowest BCUT2D eigenvalue weighted by Gasteiger charge is -2.14. The van der Waals surface area contributed by atoms with Crippen LogP contribution in [0.25, 0.3) is 0 Å². The standard InChI is InChI=1S/C20H15Cl2FN2O4S.C13H10ClFN2O2.C7H6Cl2O2S/c1-11-7-14(5-6-15(11)22)30(28,29)25-17-8-13(21)9-24-19(17)20(27)18-12(10-26)3-2-4-16(18)23;1-19-10-4-2-3-8(15)11(10)13(18)12-9(16)5-7(14)6-17-12;1-5-4-6(12(9,10)11)2-3-7(5)8/h2-9,25-26H,10H2,1H3;2-6H,16H2,1H3;2-4H,1H3. The number of ketones is 2. The van der Waals surface area contributed by atoms with E-state index in [4.69, 9.17) is 67.6 Å². The van der Waals surface area contributed by atoms with Crippen LogP contribution in [0, 0.1) is 25.5 Å². The zero-order chi connectivity index (χ0) is 45.4. The first-order valence-corrected chi connectivity index (χ1v) is 22.3. The molecular formula is C40H31Cl5F2N4O8S2. The van der Waals surface area contributed by atoms with Gasteiger partial charge in [-0.25, -0.2) is 35.6 Å². The Hall–Kier alpha value is -4.91. The molecule has 320 valence electrons. The maximum absolute atomic E-state index is 14.3. The number of nitrogens with one attached hydrogen (secondary N) is 1. The van der Waals surface area contributed by atoms with Gasteiger partial charge >= 0.3 is 0 Å². The number of hydrogen-bond acceptors (Lipinski definition) is 11. The number of aryl methyl sites for hydroxylation is 2. The predicted octanol–water partition coefficient (Wildman–Crippen LogP) is 9.63. The third kappa shape index (κ3) is 12.4. The van der Waals surface area contributed by atoms with E-state index in [0.29, 0.717) is 26.2 Å². The van der Waals surface area contributed by atoms with Gasteiger partial charge in [0.25, 0.3) is 19.1 Å². The van der Waals surface area contributed by atoms with Crippen molar-refractivity contribution in [2.45, 2.75) is 30.2 Å². The molecule has 0 saturated carbocycles. The van der Waals surface area contributed by atoms with Gasteiger partial charge in [-0.05, 0) is 97.3 Å². The molecule has 0 atom stereocenters. The highest BCUT2D eigenvalue weighted by Crippen LogP contribution is 2.29. The lowest BCUT2D eigenvalue weighted by molar-refractivity contribution is 0.102. The quantitative estimate of drug-likeness (QED) is 0.0874. The van der Waals surface area contributed by atoms with Crippen LogP contribution in [0.4, 0.5) is 20.2 Å². The summed E-state index contributed by atoms with van der Waals surface area (Å²) in [6.07, 6.45) is 2.41. The highest BCUT2D eigenvalue weighted by Gasteiger charge is 2.26. The van der Waals surface area contributed by atoms with Gasteiger partial charge in [0, 0.05) is 33.1 Å². The lowest BCUT2D eigenvalue weighted by Crippen LogP contribution is -2.18. The number of nitrogens with zero attached hydrogens (tertiary/aromatic N) is 2. The number of carbonyl (C=O) groups excluding carboxylic acids is 2. The Balaban J connectivity index is 0.000000224. The minimum absolute atomic E-state index is 0.0406. The molecule has 0 aliphatic rings. The number of aliphatic hydroxyl groups excluding tert-OH is 1. The van der Waals surface area contributed by atoms with Crippen LogP contribution < -0.4 is 15.2 Å². The summed E-state index contributed by atoms with van der Waals surface area (Å²) in [5.74, 6) is -2.99. The molecule has 21 heteroatoms. The highest BCUT2D eigenvalue weighted by atomic mass is 35.7. The third-order valence-electron chi connectivity index (χ3n) is 8.18. The van der Waals surface area contributed by atoms with E-state index in [1.54, 1.807) is 13.8 Å². The minimum Gasteiger partial charge on any atom is -0.496 e. The predicted molar refractivity (Wildman–Crippen MR) is 231 cm³/mol. The largest absolute Gasteiger partial charge is 0.496 e.